The van der Waals surface area contributed by atoms with Gasteiger partial charge in [-0.2, -0.15) is 0 Å². The number of benzene rings is 5. The maximum absolute atomic E-state index is 6.55. The van der Waals surface area contributed by atoms with Crippen molar-refractivity contribution in [1.29, 1.82) is 0 Å². The van der Waals surface area contributed by atoms with Gasteiger partial charge >= 0.3 is 0 Å². The van der Waals surface area contributed by atoms with E-state index in [0.717, 1.165) is 71.7 Å². The van der Waals surface area contributed by atoms with E-state index in [1.807, 2.05) is 18.2 Å². The van der Waals surface area contributed by atoms with Crippen LogP contribution in [0.4, 0.5) is 0 Å². The second kappa shape index (κ2) is 6.87. The van der Waals surface area contributed by atoms with Crippen LogP contribution in [0.5, 0.6) is 0 Å². The van der Waals surface area contributed by atoms with Gasteiger partial charge in [0.1, 0.15) is 22.3 Å². The van der Waals surface area contributed by atoms with Crippen molar-refractivity contribution >= 4 is 54.9 Å². The fraction of sp³-hybridized carbons (Fsp3) is 0. The SMILES string of the molecule is c1ccc(-n2c3ccccc3c3oc4cc(-c5cccc6c5oc5ccccc56)ccc4c32)cc1. The van der Waals surface area contributed by atoms with E-state index < -0.39 is 0 Å². The maximum atomic E-state index is 6.55. The van der Waals surface area contributed by atoms with Crippen LogP contribution in [0.15, 0.2) is 124 Å². The van der Waals surface area contributed by atoms with Gasteiger partial charge in [0.2, 0.25) is 0 Å². The molecule has 0 unspecified atom stereocenters. The van der Waals surface area contributed by atoms with Crippen molar-refractivity contribution in [3.8, 4) is 16.8 Å². The number of rotatable bonds is 2. The van der Waals surface area contributed by atoms with Gasteiger partial charge in [0.05, 0.1) is 5.52 Å². The summed E-state index contributed by atoms with van der Waals surface area (Å²) in [5, 5.41) is 4.48. The minimum atomic E-state index is 0.871. The van der Waals surface area contributed by atoms with E-state index >= 15 is 0 Å². The Morgan fingerprint density at radius 1 is 0.486 bits per heavy atom. The Morgan fingerprint density at radius 2 is 1.23 bits per heavy atom. The molecule has 0 radical (unpaired) electrons. The van der Waals surface area contributed by atoms with E-state index in [9.17, 15) is 0 Å². The summed E-state index contributed by atoms with van der Waals surface area (Å²) in [6.07, 6.45) is 0. The normalized spacial score (nSPS) is 12.0. The second-order valence-corrected chi connectivity index (χ2v) is 8.96. The Morgan fingerprint density at radius 3 is 2.14 bits per heavy atom. The van der Waals surface area contributed by atoms with E-state index in [0.29, 0.717) is 0 Å². The largest absolute Gasteiger partial charge is 0.455 e. The molecule has 0 saturated heterocycles. The highest BCUT2D eigenvalue weighted by Gasteiger charge is 2.20. The molecule has 0 fully saturated rings. The predicted molar refractivity (Wildman–Crippen MR) is 143 cm³/mol. The van der Waals surface area contributed by atoms with E-state index in [2.05, 4.69) is 102 Å². The zero-order chi connectivity index (χ0) is 22.9. The highest BCUT2D eigenvalue weighted by atomic mass is 16.3. The molecule has 3 nitrogen and oxygen atoms in total. The molecular weight excluding hydrogens is 430 g/mol. The van der Waals surface area contributed by atoms with Crippen molar-refractivity contribution in [3.63, 3.8) is 0 Å². The van der Waals surface area contributed by atoms with Crippen LogP contribution in [0.2, 0.25) is 0 Å². The number of hydrogen-bond acceptors (Lipinski definition) is 2. The highest BCUT2D eigenvalue weighted by molar-refractivity contribution is 6.17. The molecular formula is C32H19NO2. The van der Waals surface area contributed by atoms with E-state index in [-0.39, 0.29) is 0 Å². The first-order chi connectivity index (χ1) is 17.4. The molecule has 0 bridgehead atoms. The summed E-state index contributed by atoms with van der Waals surface area (Å²) in [7, 11) is 0. The molecule has 3 heteroatoms. The molecule has 164 valence electrons. The quantitative estimate of drug-likeness (QED) is 0.263. The first-order valence-corrected chi connectivity index (χ1v) is 11.8. The summed E-state index contributed by atoms with van der Waals surface area (Å²) in [6, 6.07) is 39.9. The van der Waals surface area contributed by atoms with Gasteiger partial charge in [0.15, 0.2) is 5.58 Å². The predicted octanol–water partition coefficient (Wildman–Crippen LogP) is 9.10. The molecule has 0 aliphatic rings. The van der Waals surface area contributed by atoms with E-state index in [4.69, 9.17) is 8.83 Å². The molecule has 0 aliphatic heterocycles. The van der Waals surface area contributed by atoms with Crippen molar-refractivity contribution in [3.05, 3.63) is 115 Å². The Hall–Kier alpha value is -4.76. The van der Waals surface area contributed by atoms with Gasteiger partial charge < -0.3 is 13.4 Å². The molecule has 0 N–H and O–H groups in total. The summed E-state index contributed by atoms with van der Waals surface area (Å²) in [6.45, 7) is 0. The third-order valence-corrected chi connectivity index (χ3v) is 7.01. The molecule has 0 spiro atoms. The van der Waals surface area contributed by atoms with Crippen molar-refractivity contribution in [2.75, 3.05) is 0 Å². The third kappa shape index (κ3) is 2.55. The molecule has 8 aromatic rings. The number of nitrogens with zero attached hydrogens (tertiary/aromatic N) is 1. The summed E-state index contributed by atoms with van der Waals surface area (Å²) in [5.74, 6) is 0. The van der Waals surface area contributed by atoms with Crippen molar-refractivity contribution in [2.24, 2.45) is 0 Å². The van der Waals surface area contributed by atoms with E-state index in [1.165, 1.54) is 0 Å². The van der Waals surface area contributed by atoms with Crippen LogP contribution >= 0.6 is 0 Å². The number of furan rings is 2. The molecule has 3 aromatic heterocycles. The number of aromatic nitrogens is 1. The van der Waals surface area contributed by atoms with Gasteiger partial charge in [-0.3, -0.25) is 0 Å². The van der Waals surface area contributed by atoms with Gasteiger partial charge in [-0.1, -0.05) is 72.8 Å². The fourth-order valence-corrected chi connectivity index (χ4v) is 5.46. The minimum Gasteiger partial charge on any atom is -0.455 e. The van der Waals surface area contributed by atoms with Gasteiger partial charge in [-0.25, -0.2) is 0 Å². The van der Waals surface area contributed by atoms with Crippen LogP contribution < -0.4 is 0 Å². The molecule has 8 rings (SSSR count). The van der Waals surface area contributed by atoms with Crippen molar-refractivity contribution in [2.45, 2.75) is 0 Å². The van der Waals surface area contributed by atoms with Crippen molar-refractivity contribution in [1.82, 2.24) is 4.57 Å². The maximum Gasteiger partial charge on any atom is 0.161 e. The lowest BCUT2D eigenvalue weighted by Gasteiger charge is -2.07. The van der Waals surface area contributed by atoms with Gasteiger partial charge in [-0.15, -0.1) is 0 Å². The van der Waals surface area contributed by atoms with E-state index in [1.54, 1.807) is 0 Å². The Kier molecular flexibility index (Phi) is 3.66. The lowest BCUT2D eigenvalue weighted by molar-refractivity contribution is 0.669. The third-order valence-electron chi connectivity index (χ3n) is 7.01. The Labute approximate surface area is 200 Å². The molecule has 3 heterocycles. The standard InChI is InChI=1S/C32H19NO2/c1-2-9-21(10-3-1)33-27-15-6-4-12-25(27)32-30(33)26-18-17-20(19-29(26)35-32)22-13-8-14-24-23-11-5-7-16-28(23)34-31(22)24/h1-19H. The monoisotopic (exact) mass is 449 g/mol. The minimum absolute atomic E-state index is 0.871. The first-order valence-electron chi connectivity index (χ1n) is 11.8. The number of fused-ring (bicyclic) bond motifs is 8. The molecule has 0 saturated carbocycles. The zero-order valence-electron chi connectivity index (χ0n) is 18.7. The molecule has 35 heavy (non-hydrogen) atoms. The van der Waals surface area contributed by atoms with Crippen LogP contribution in [0, 0.1) is 0 Å². The fourth-order valence-electron chi connectivity index (χ4n) is 5.46. The summed E-state index contributed by atoms with van der Waals surface area (Å²) in [4.78, 5) is 0. The number of para-hydroxylation sites is 4. The molecule has 0 amide bonds. The smallest absolute Gasteiger partial charge is 0.161 e. The average molecular weight is 450 g/mol. The summed E-state index contributed by atoms with van der Waals surface area (Å²) < 4.78 is 15.1. The summed E-state index contributed by atoms with van der Waals surface area (Å²) >= 11 is 0. The zero-order valence-corrected chi connectivity index (χ0v) is 18.7. The average Bonchev–Trinajstić information content (AvgIpc) is 3.57. The Bertz CT molecular complexity index is 2050. The first kappa shape index (κ1) is 18.6. The van der Waals surface area contributed by atoms with Crippen LogP contribution in [-0.4, -0.2) is 4.57 Å². The topological polar surface area (TPSA) is 31.2 Å². The van der Waals surface area contributed by atoms with Gasteiger partial charge in [0, 0.05) is 32.8 Å². The van der Waals surface area contributed by atoms with Crippen molar-refractivity contribution < 1.29 is 8.83 Å². The van der Waals surface area contributed by atoms with Crippen LogP contribution in [0.1, 0.15) is 0 Å². The second-order valence-electron chi connectivity index (χ2n) is 8.96. The lowest BCUT2D eigenvalue weighted by Crippen LogP contribution is -1.92. The Balaban J connectivity index is 1.42. The van der Waals surface area contributed by atoms with Crippen LogP contribution in [0.25, 0.3) is 71.7 Å². The van der Waals surface area contributed by atoms with Gasteiger partial charge in [-0.05, 0) is 48.0 Å². The van der Waals surface area contributed by atoms with Crippen LogP contribution in [0.3, 0.4) is 0 Å². The molecule has 5 aromatic carbocycles. The number of hydrogen-bond donors (Lipinski definition) is 0. The lowest BCUT2D eigenvalue weighted by atomic mass is 10.0. The molecule has 0 atom stereocenters. The summed E-state index contributed by atoms with van der Waals surface area (Å²) in [5.41, 5.74) is 9.11. The van der Waals surface area contributed by atoms with Gasteiger partial charge in [0.25, 0.3) is 0 Å². The van der Waals surface area contributed by atoms with Crippen LogP contribution in [-0.2, 0) is 0 Å². The molecule has 0 aliphatic carbocycles. The highest BCUT2D eigenvalue weighted by Crippen LogP contribution is 2.41.